The minimum absolute atomic E-state index is 0. The summed E-state index contributed by atoms with van der Waals surface area (Å²) in [6.45, 7) is 3.25. The third-order valence-corrected chi connectivity index (χ3v) is 6.69. The van der Waals surface area contributed by atoms with Crippen molar-refractivity contribution in [2.45, 2.75) is 25.5 Å². The summed E-state index contributed by atoms with van der Waals surface area (Å²) < 4.78 is 16.2. The highest BCUT2D eigenvalue weighted by atomic mass is 35.5. The molecule has 0 aliphatic carbocycles. The van der Waals surface area contributed by atoms with Crippen molar-refractivity contribution < 1.29 is 9.50 Å². The largest absolute Gasteiger partial charge is 0.387 e. The average molecular weight is 493 g/mol. The van der Waals surface area contributed by atoms with Crippen LogP contribution in [0.3, 0.4) is 0 Å². The molecule has 2 N–H and O–H groups in total. The van der Waals surface area contributed by atoms with E-state index in [0.717, 1.165) is 48.3 Å². The van der Waals surface area contributed by atoms with Crippen LogP contribution in [0.1, 0.15) is 24.5 Å². The molecule has 164 valence electrons. The summed E-state index contributed by atoms with van der Waals surface area (Å²) in [6, 6.07) is 11.9. The Morgan fingerprint density at radius 2 is 1.80 bits per heavy atom. The topological polar surface area (TPSA) is 52.2 Å². The SMILES string of the molecule is Cl.Cl.N=c1sc2cc(Cl)ccc2n1CC1CCN(C[C@H](O)c2ccc(F)cc2)CC1. The molecule has 1 saturated heterocycles. The van der Waals surface area contributed by atoms with Crippen molar-refractivity contribution in [3.05, 3.63) is 63.7 Å². The van der Waals surface area contributed by atoms with E-state index in [0.29, 0.717) is 22.3 Å². The first-order valence-corrected chi connectivity index (χ1v) is 10.7. The zero-order chi connectivity index (χ0) is 19.7. The molecule has 0 bridgehead atoms. The summed E-state index contributed by atoms with van der Waals surface area (Å²) >= 11 is 7.54. The number of halogens is 4. The number of fused-ring (bicyclic) bond motifs is 1. The third-order valence-electron chi connectivity index (χ3n) is 5.50. The van der Waals surface area contributed by atoms with E-state index >= 15 is 0 Å². The third kappa shape index (κ3) is 5.75. The molecule has 1 aromatic heterocycles. The van der Waals surface area contributed by atoms with Crippen LogP contribution >= 0.6 is 47.8 Å². The number of nitrogens with zero attached hydrogens (tertiary/aromatic N) is 2. The molecule has 9 heteroatoms. The number of β-amino-alcohol motifs (C(OH)–C–C–N with tert-alkyl or cyclic N) is 1. The number of aliphatic hydroxyl groups is 1. The van der Waals surface area contributed by atoms with E-state index in [9.17, 15) is 9.50 Å². The normalized spacial score (nSPS) is 16.1. The van der Waals surface area contributed by atoms with Gasteiger partial charge in [-0.1, -0.05) is 35.1 Å². The van der Waals surface area contributed by atoms with Gasteiger partial charge in [0.15, 0.2) is 4.80 Å². The Hall–Kier alpha value is -1.15. The maximum atomic E-state index is 13.0. The second kappa shape index (κ2) is 10.9. The summed E-state index contributed by atoms with van der Waals surface area (Å²) in [4.78, 5) is 2.83. The number of likely N-dealkylation sites (tertiary alicyclic amines) is 1. The molecule has 2 aromatic carbocycles. The molecule has 1 aliphatic rings. The maximum Gasteiger partial charge on any atom is 0.182 e. The summed E-state index contributed by atoms with van der Waals surface area (Å²) in [5, 5.41) is 19.4. The first-order valence-electron chi connectivity index (χ1n) is 9.49. The predicted octanol–water partition coefficient (Wildman–Crippen LogP) is 5.26. The Labute approximate surface area is 196 Å². The molecule has 3 aromatic rings. The van der Waals surface area contributed by atoms with Gasteiger partial charge in [0.05, 0.1) is 16.3 Å². The number of piperidine rings is 1. The molecule has 1 aliphatic heterocycles. The molecule has 0 unspecified atom stereocenters. The van der Waals surface area contributed by atoms with Gasteiger partial charge >= 0.3 is 0 Å². The second-order valence-electron chi connectivity index (χ2n) is 7.44. The lowest BCUT2D eigenvalue weighted by Crippen LogP contribution is -2.38. The van der Waals surface area contributed by atoms with E-state index in [-0.39, 0.29) is 30.6 Å². The van der Waals surface area contributed by atoms with Gasteiger partial charge in [0, 0.05) is 18.1 Å². The number of aromatic nitrogens is 1. The number of aliphatic hydroxyl groups excluding tert-OH is 1. The van der Waals surface area contributed by atoms with E-state index < -0.39 is 6.10 Å². The molecule has 0 saturated carbocycles. The Morgan fingerprint density at radius 3 is 2.47 bits per heavy atom. The number of hydrogen-bond acceptors (Lipinski definition) is 4. The predicted molar refractivity (Wildman–Crippen MR) is 126 cm³/mol. The lowest BCUT2D eigenvalue weighted by Gasteiger charge is -2.33. The van der Waals surface area contributed by atoms with Crippen LogP contribution in [0.25, 0.3) is 10.2 Å². The molecule has 0 amide bonds. The standard InChI is InChI=1S/C21H23ClFN3OS.2ClH/c22-16-3-6-18-20(11-16)28-21(24)26(18)12-14-7-9-25(10-8-14)13-19(27)15-1-4-17(23)5-2-15;;/h1-6,11,14,19,24,27H,7-10,12-13H2;2*1H/t19-;;/m0../s1. The van der Waals surface area contributed by atoms with Gasteiger partial charge in [-0.2, -0.15) is 0 Å². The fourth-order valence-electron chi connectivity index (χ4n) is 3.89. The van der Waals surface area contributed by atoms with Crippen molar-refractivity contribution >= 4 is 58.0 Å². The van der Waals surface area contributed by atoms with Gasteiger partial charge in [0.1, 0.15) is 5.82 Å². The lowest BCUT2D eigenvalue weighted by molar-refractivity contribution is 0.0867. The molecular formula is C21H25Cl3FN3OS. The van der Waals surface area contributed by atoms with Crippen LogP contribution in [-0.4, -0.2) is 34.2 Å². The minimum atomic E-state index is -0.600. The van der Waals surface area contributed by atoms with E-state index in [4.69, 9.17) is 17.0 Å². The van der Waals surface area contributed by atoms with Gasteiger partial charge in [-0.25, -0.2) is 4.39 Å². The number of thiazole rings is 1. The van der Waals surface area contributed by atoms with Crippen LogP contribution in [0, 0.1) is 17.1 Å². The van der Waals surface area contributed by atoms with Gasteiger partial charge in [-0.15, -0.1) is 24.8 Å². The summed E-state index contributed by atoms with van der Waals surface area (Å²) in [5.41, 5.74) is 1.83. The first-order chi connectivity index (χ1) is 13.5. The Morgan fingerprint density at radius 1 is 1.13 bits per heavy atom. The molecule has 1 atom stereocenters. The average Bonchev–Trinajstić information content (AvgIpc) is 2.98. The molecule has 2 heterocycles. The van der Waals surface area contributed by atoms with Gasteiger partial charge < -0.3 is 14.6 Å². The van der Waals surface area contributed by atoms with Crippen molar-refractivity contribution in [1.82, 2.24) is 9.47 Å². The van der Waals surface area contributed by atoms with Gasteiger partial charge in [0.25, 0.3) is 0 Å². The Kier molecular flexibility index (Phi) is 9.15. The van der Waals surface area contributed by atoms with Crippen LogP contribution < -0.4 is 4.80 Å². The van der Waals surface area contributed by atoms with E-state index in [1.54, 1.807) is 12.1 Å². The molecule has 0 spiro atoms. The molecule has 4 nitrogen and oxygen atoms in total. The molecule has 30 heavy (non-hydrogen) atoms. The highest BCUT2D eigenvalue weighted by Gasteiger charge is 2.23. The van der Waals surface area contributed by atoms with Crippen molar-refractivity contribution in [3.63, 3.8) is 0 Å². The van der Waals surface area contributed by atoms with Gasteiger partial charge in [0.2, 0.25) is 0 Å². The molecule has 1 fully saturated rings. The summed E-state index contributed by atoms with van der Waals surface area (Å²) in [6.07, 6.45) is 1.47. The summed E-state index contributed by atoms with van der Waals surface area (Å²) in [7, 11) is 0. The monoisotopic (exact) mass is 491 g/mol. The van der Waals surface area contributed by atoms with Crippen molar-refractivity contribution in [3.8, 4) is 0 Å². The Bertz CT molecular complexity index is 1020. The van der Waals surface area contributed by atoms with Crippen LogP contribution in [0.4, 0.5) is 4.39 Å². The zero-order valence-corrected chi connectivity index (χ0v) is 19.5. The van der Waals surface area contributed by atoms with Gasteiger partial charge in [-0.05, 0) is 67.7 Å². The first kappa shape index (κ1) is 25.1. The van der Waals surface area contributed by atoms with Crippen LogP contribution in [0.5, 0.6) is 0 Å². The van der Waals surface area contributed by atoms with E-state index in [2.05, 4.69) is 9.47 Å². The maximum absolute atomic E-state index is 13.0. The number of rotatable bonds is 5. The smallest absolute Gasteiger partial charge is 0.182 e. The fourth-order valence-corrected chi connectivity index (χ4v) is 5.08. The lowest BCUT2D eigenvalue weighted by atomic mass is 9.96. The van der Waals surface area contributed by atoms with E-state index in [1.807, 2.05) is 18.2 Å². The van der Waals surface area contributed by atoms with Crippen molar-refractivity contribution in [2.75, 3.05) is 19.6 Å². The fraction of sp³-hybridized carbons (Fsp3) is 0.381. The zero-order valence-electron chi connectivity index (χ0n) is 16.3. The molecule has 4 rings (SSSR count). The number of nitrogens with one attached hydrogen (secondary N) is 1. The highest BCUT2D eigenvalue weighted by Crippen LogP contribution is 2.26. The summed E-state index contributed by atoms with van der Waals surface area (Å²) in [5.74, 6) is 0.230. The molecular weight excluding hydrogens is 468 g/mol. The van der Waals surface area contributed by atoms with Gasteiger partial charge in [-0.3, -0.25) is 5.41 Å². The quantitative estimate of drug-likeness (QED) is 0.510. The van der Waals surface area contributed by atoms with E-state index in [1.165, 1.54) is 23.5 Å². The Balaban J connectivity index is 0.00000160. The second-order valence-corrected chi connectivity index (χ2v) is 8.91. The minimum Gasteiger partial charge on any atom is -0.387 e. The molecule has 0 radical (unpaired) electrons. The van der Waals surface area contributed by atoms with Crippen LogP contribution in [0.15, 0.2) is 42.5 Å². The van der Waals surface area contributed by atoms with Crippen LogP contribution in [-0.2, 0) is 6.54 Å². The van der Waals surface area contributed by atoms with Crippen molar-refractivity contribution in [1.29, 1.82) is 5.41 Å². The highest BCUT2D eigenvalue weighted by molar-refractivity contribution is 7.16. The van der Waals surface area contributed by atoms with Crippen molar-refractivity contribution in [2.24, 2.45) is 5.92 Å². The number of hydrogen-bond donors (Lipinski definition) is 2. The van der Waals surface area contributed by atoms with Crippen LogP contribution in [0.2, 0.25) is 5.02 Å². The number of benzene rings is 2.